The summed E-state index contributed by atoms with van der Waals surface area (Å²) >= 11 is 3.40. The van der Waals surface area contributed by atoms with Gasteiger partial charge < -0.3 is 10.6 Å². The van der Waals surface area contributed by atoms with Gasteiger partial charge in [0.25, 0.3) is 0 Å². The van der Waals surface area contributed by atoms with Gasteiger partial charge in [0.2, 0.25) is 5.91 Å². The lowest BCUT2D eigenvalue weighted by Gasteiger charge is -2.15. The number of halogens is 1. The van der Waals surface area contributed by atoms with Gasteiger partial charge >= 0.3 is 0 Å². The number of hydrogen-bond acceptors (Lipinski definition) is 2. The Morgan fingerprint density at radius 1 is 1.24 bits per heavy atom. The molecule has 4 heteroatoms. The van der Waals surface area contributed by atoms with Gasteiger partial charge in [-0.25, -0.2) is 0 Å². The molecule has 1 amide bonds. The molecule has 0 aromatic heterocycles. The third-order valence-electron chi connectivity index (χ3n) is 2.39. The van der Waals surface area contributed by atoms with Crippen LogP contribution in [0.15, 0.2) is 28.7 Å². The van der Waals surface area contributed by atoms with Crippen LogP contribution in [0.3, 0.4) is 0 Å². The van der Waals surface area contributed by atoms with Crippen LogP contribution in [0, 0.1) is 0 Å². The molecule has 3 nitrogen and oxygen atoms in total. The van der Waals surface area contributed by atoms with Crippen LogP contribution in [0.25, 0.3) is 0 Å². The van der Waals surface area contributed by atoms with E-state index in [1.807, 2.05) is 45.0 Å². The fourth-order valence-corrected chi connectivity index (χ4v) is 1.75. The zero-order valence-electron chi connectivity index (χ0n) is 10.5. The molecule has 0 saturated carbocycles. The van der Waals surface area contributed by atoms with Gasteiger partial charge in [-0.3, -0.25) is 4.79 Å². The van der Waals surface area contributed by atoms with Gasteiger partial charge in [0.05, 0.1) is 6.54 Å². The molecule has 2 N–H and O–H groups in total. The standard InChI is InChI=1S/C13H19BrN2O/c1-9(2)16-13(17)8-15-10(3)11-4-6-12(14)7-5-11/h4-7,9-10,15H,8H2,1-3H3,(H,16,17)/t10-/m0/s1. The molecular formula is C13H19BrN2O. The molecule has 1 aromatic carbocycles. The smallest absolute Gasteiger partial charge is 0.234 e. The first-order chi connectivity index (χ1) is 7.99. The zero-order chi connectivity index (χ0) is 12.8. The monoisotopic (exact) mass is 298 g/mol. The van der Waals surface area contributed by atoms with E-state index >= 15 is 0 Å². The molecule has 1 aromatic rings. The lowest BCUT2D eigenvalue weighted by atomic mass is 10.1. The van der Waals surface area contributed by atoms with Gasteiger partial charge in [-0.1, -0.05) is 28.1 Å². The van der Waals surface area contributed by atoms with Gasteiger partial charge in [0.1, 0.15) is 0 Å². The summed E-state index contributed by atoms with van der Waals surface area (Å²) in [7, 11) is 0. The van der Waals surface area contributed by atoms with Crippen LogP contribution in [-0.4, -0.2) is 18.5 Å². The summed E-state index contributed by atoms with van der Waals surface area (Å²) in [4.78, 5) is 11.5. The number of carbonyl (C=O) groups is 1. The minimum atomic E-state index is 0.0314. The lowest BCUT2D eigenvalue weighted by molar-refractivity contribution is -0.120. The molecule has 0 aliphatic heterocycles. The van der Waals surface area contributed by atoms with Crippen molar-refractivity contribution in [1.29, 1.82) is 0 Å². The highest BCUT2D eigenvalue weighted by atomic mass is 79.9. The SMILES string of the molecule is CC(C)NC(=O)CN[C@@H](C)c1ccc(Br)cc1. The normalized spacial score (nSPS) is 12.5. The maximum atomic E-state index is 11.5. The molecule has 0 heterocycles. The third-order valence-corrected chi connectivity index (χ3v) is 2.92. The first kappa shape index (κ1) is 14.2. The largest absolute Gasteiger partial charge is 0.353 e. The number of benzene rings is 1. The highest BCUT2D eigenvalue weighted by Gasteiger charge is 2.08. The molecule has 0 aliphatic rings. The Kier molecular flexibility index (Phi) is 5.65. The molecule has 94 valence electrons. The Hall–Kier alpha value is -0.870. The second kappa shape index (κ2) is 6.77. The number of carbonyl (C=O) groups excluding carboxylic acids is 1. The van der Waals surface area contributed by atoms with Crippen molar-refractivity contribution in [2.24, 2.45) is 0 Å². The van der Waals surface area contributed by atoms with Crippen molar-refractivity contribution in [1.82, 2.24) is 10.6 Å². The fourth-order valence-electron chi connectivity index (χ4n) is 1.49. The molecule has 17 heavy (non-hydrogen) atoms. The van der Waals surface area contributed by atoms with Gasteiger partial charge in [-0.2, -0.15) is 0 Å². The molecular weight excluding hydrogens is 280 g/mol. The van der Waals surface area contributed by atoms with Gasteiger partial charge in [-0.05, 0) is 38.5 Å². The molecule has 0 saturated heterocycles. The molecule has 0 spiro atoms. The van der Waals surface area contributed by atoms with Gasteiger partial charge in [0, 0.05) is 16.6 Å². The van der Waals surface area contributed by atoms with Gasteiger partial charge in [0.15, 0.2) is 0 Å². The van der Waals surface area contributed by atoms with E-state index in [9.17, 15) is 4.79 Å². The van der Waals surface area contributed by atoms with Crippen LogP contribution < -0.4 is 10.6 Å². The van der Waals surface area contributed by atoms with Crippen molar-refractivity contribution < 1.29 is 4.79 Å². The summed E-state index contributed by atoms with van der Waals surface area (Å²) < 4.78 is 1.06. The van der Waals surface area contributed by atoms with Crippen LogP contribution in [0.2, 0.25) is 0 Å². The average Bonchev–Trinajstić information content (AvgIpc) is 2.26. The number of amides is 1. The maximum Gasteiger partial charge on any atom is 0.234 e. The van der Waals surface area contributed by atoms with Crippen molar-refractivity contribution in [3.63, 3.8) is 0 Å². The number of rotatable bonds is 5. The molecule has 1 rings (SSSR count). The highest BCUT2D eigenvalue weighted by molar-refractivity contribution is 9.10. The third kappa shape index (κ3) is 5.33. The fraction of sp³-hybridized carbons (Fsp3) is 0.462. The highest BCUT2D eigenvalue weighted by Crippen LogP contribution is 2.16. The minimum absolute atomic E-state index is 0.0314. The summed E-state index contributed by atoms with van der Waals surface area (Å²) in [5, 5.41) is 6.05. The zero-order valence-corrected chi connectivity index (χ0v) is 12.0. The Bertz CT molecular complexity index is 362. The van der Waals surface area contributed by atoms with Crippen LogP contribution in [0.4, 0.5) is 0 Å². The molecule has 0 fully saturated rings. The van der Waals surface area contributed by atoms with E-state index in [1.54, 1.807) is 0 Å². The quantitative estimate of drug-likeness (QED) is 0.877. The van der Waals surface area contributed by atoms with E-state index in [2.05, 4.69) is 26.6 Å². The summed E-state index contributed by atoms with van der Waals surface area (Å²) in [6.45, 7) is 6.30. The first-order valence-corrected chi connectivity index (χ1v) is 6.56. The van der Waals surface area contributed by atoms with Crippen molar-refractivity contribution >= 4 is 21.8 Å². The summed E-state index contributed by atoms with van der Waals surface area (Å²) in [5.41, 5.74) is 1.17. The first-order valence-electron chi connectivity index (χ1n) is 5.77. The molecule has 0 bridgehead atoms. The minimum Gasteiger partial charge on any atom is -0.353 e. The van der Waals surface area contributed by atoms with E-state index in [-0.39, 0.29) is 18.0 Å². The van der Waals surface area contributed by atoms with E-state index in [1.165, 1.54) is 5.56 Å². The maximum absolute atomic E-state index is 11.5. The number of hydrogen-bond donors (Lipinski definition) is 2. The summed E-state index contributed by atoms with van der Waals surface area (Å²) in [6, 6.07) is 8.45. The number of nitrogens with one attached hydrogen (secondary N) is 2. The summed E-state index contributed by atoms with van der Waals surface area (Å²) in [5.74, 6) is 0.0314. The van der Waals surface area contributed by atoms with Crippen molar-refractivity contribution in [3.8, 4) is 0 Å². The van der Waals surface area contributed by atoms with Gasteiger partial charge in [-0.15, -0.1) is 0 Å². The molecule has 1 atom stereocenters. The molecule has 0 radical (unpaired) electrons. The van der Waals surface area contributed by atoms with Crippen LogP contribution in [0.1, 0.15) is 32.4 Å². The van der Waals surface area contributed by atoms with Crippen LogP contribution in [-0.2, 0) is 4.79 Å². The van der Waals surface area contributed by atoms with Crippen molar-refractivity contribution in [2.45, 2.75) is 32.9 Å². The molecule has 0 aliphatic carbocycles. The average molecular weight is 299 g/mol. The Labute approximate surface area is 111 Å². The molecule has 0 unspecified atom stereocenters. The van der Waals surface area contributed by atoms with Crippen LogP contribution >= 0.6 is 15.9 Å². The van der Waals surface area contributed by atoms with Crippen molar-refractivity contribution in [3.05, 3.63) is 34.3 Å². The lowest BCUT2D eigenvalue weighted by Crippen LogP contribution is -2.38. The predicted octanol–water partition coefficient (Wildman–Crippen LogP) is 2.62. The Morgan fingerprint density at radius 2 is 1.82 bits per heavy atom. The van der Waals surface area contributed by atoms with Crippen molar-refractivity contribution in [2.75, 3.05) is 6.54 Å². The van der Waals surface area contributed by atoms with E-state index in [0.29, 0.717) is 6.54 Å². The van der Waals surface area contributed by atoms with E-state index < -0.39 is 0 Å². The van der Waals surface area contributed by atoms with Crippen LogP contribution in [0.5, 0.6) is 0 Å². The van der Waals surface area contributed by atoms with E-state index in [0.717, 1.165) is 4.47 Å². The predicted molar refractivity (Wildman–Crippen MR) is 73.8 cm³/mol. The van der Waals surface area contributed by atoms with E-state index in [4.69, 9.17) is 0 Å². The summed E-state index contributed by atoms with van der Waals surface area (Å²) in [6.07, 6.45) is 0. The second-order valence-corrected chi connectivity index (χ2v) is 5.29. The Morgan fingerprint density at radius 3 is 2.35 bits per heavy atom. The topological polar surface area (TPSA) is 41.1 Å². The second-order valence-electron chi connectivity index (χ2n) is 4.38. The Balaban J connectivity index is 2.42.